The first-order chi connectivity index (χ1) is 7.41. The van der Waals surface area contributed by atoms with E-state index in [4.69, 9.17) is 0 Å². The van der Waals surface area contributed by atoms with E-state index in [2.05, 4.69) is 0 Å². The van der Waals surface area contributed by atoms with Crippen LogP contribution < -0.4 is 0 Å². The normalized spacial score (nSPS) is 14.5. The fourth-order valence-electron chi connectivity index (χ4n) is 1.72. The molecule has 1 aromatic rings. The number of Topliss-reactive ketones (excluding diaryl/α,β-unsaturated/α-hetero) is 1. The van der Waals surface area contributed by atoms with Gasteiger partial charge in [0.1, 0.15) is 5.78 Å². The molecule has 0 aliphatic rings. The lowest BCUT2D eigenvalue weighted by Gasteiger charge is -2.12. The lowest BCUT2D eigenvalue weighted by atomic mass is 10.2. The van der Waals surface area contributed by atoms with Gasteiger partial charge in [-0.3, -0.25) is 9.00 Å². The SMILES string of the molecule is CC(=O)CC(C)S(=O)c1ccc(C)cc1C. The highest BCUT2D eigenvalue weighted by Crippen LogP contribution is 2.19. The number of hydrogen-bond donors (Lipinski definition) is 0. The Morgan fingerprint density at radius 2 is 2.00 bits per heavy atom. The molecule has 2 atom stereocenters. The molecule has 2 nitrogen and oxygen atoms in total. The maximum atomic E-state index is 12.2. The molecule has 16 heavy (non-hydrogen) atoms. The van der Waals surface area contributed by atoms with Crippen molar-refractivity contribution in [2.45, 2.75) is 44.3 Å². The predicted molar refractivity (Wildman–Crippen MR) is 67.1 cm³/mol. The zero-order valence-electron chi connectivity index (χ0n) is 10.2. The Balaban J connectivity index is 2.92. The second-order valence-corrected chi connectivity index (χ2v) is 6.12. The number of ketones is 1. The number of rotatable bonds is 4. The summed E-state index contributed by atoms with van der Waals surface area (Å²) in [5.74, 6) is 0.0885. The van der Waals surface area contributed by atoms with Crippen molar-refractivity contribution < 1.29 is 9.00 Å². The summed E-state index contributed by atoms with van der Waals surface area (Å²) in [4.78, 5) is 11.8. The standard InChI is InChI=1S/C13H18O2S/c1-9-5-6-13(10(2)7-9)16(15)12(4)8-11(3)14/h5-7,12H,8H2,1-4H3. The molecule has 0 aliphatic heterocycles. The first kappa shape index (κ1) is 13.1. The Kier molecular flexibility index (Phi) is 4.42. The highest BCUT2D eigenvalue weighted by atomic mass is 32.2. The van der Waals surface area contributed by atoms with Gasteiger partial charge in [0.05, 0.1) is 10.8 Å². The van der Waals surface area contributed by atoms with Gasteiger partial charge in [-0.05, 0) is 32.4 Å². The fourth-order valence-corrected chi connectivity index (χ4v) is 3.12. The number of carbonyl (C=O) groups is 1. The van der Waals surface area contributed by atoms with Gasteiger partial charge in [0.15, 0.2) is 0 Å². The Bertz CT molecular complexity index is 424. The van der Waals surface area contributed by atoms with Crippen molar-refractivity contribution in [3.8, 4) is 0 Å². The fraction of sp³-hybridized carbons (Fsp3) is 0.462. The van der Waals surface area contributed by atoms with Crippen molar-refractivity contribution in [2.24, 2.45) is 0 Å². The van der Waals surface area contributed by atoms with Gasteiger partial charge in [-0.15, -0.1) is 0 Å². The molecule has 0 saturated heterocycles. The van der Waals surface area contributed by atoms with Gasteiger partial charge in [0, 0.05) is 16.6 Å². The van der Waals surface area contributed by atoms with E-state index in [-0.39, 0.29) is 11.0 Å². The molecule has 2 unspecified atom stereocenters. The van der Waals surface area contributed by atoms with Gasteiger partial charge in [-0.1, -0.05) is 24.6 Å². The largest absolute Gasteiger partial charge is 0.300 e. The monoisotopic (exact) mass is 238 g/mol. The summed E-state index contributed by atoms with van der Waals surface area (Å²) >= 11 is 0. The Labute approximate surface area is 99.5 Å². The average Bonchev–Trinajstić information content (AvgIpc) is 2.15. The zero-order chi connectivity index (χ0) is 12.3. The zero-order valence-corrected chi connectivity index (χ0v) is 11.1. The van der Waals surface area contributed by atoms with Gasteiger partial charge < -0.3 is 0 Å². The van der Waals surface area contributed by atoms with Crippen LogP contribution in [0.3, 0.4) is 0 Å². The minimum Gasteiger partial charge on any atom is -0.300 e. The van der Waals surface area contributed by atoms with E-state index in [0.717, 1.165) is 16.0 Å². The molecule has 0 fully saturated rings. The van der Waals surface area contributed by atoms with Crippen molar-refractivity contribution >= 4 is 16.6 Å². The summed E-state index contributed by atoms with van der Waals surface area (Å²) in [5.41, 5.74) is 2.20. The van der Waals surface area contributed by atoms with Crippen LogP contribution in [0.15, 0.2) is 23.1 Å². The first-order valence-electron chi connectivity index (χ1n) is 5.39. The minimum absolute atomic E-state index is 0.0885. The highest BCUT2D eigenvalue weighted by Gasteiger charge is 2.16. The van der Waals surface area contributed by atoms with E-state index in [1.165, 1.54) is 6.92 Å². The summed E-state index contributed by atoms with van der Waals surface area (Å²) in [6, 6.07) is 5.88. The van der Waals surface area contributed by atoms with E-state index in [0.29, 0.717) is 6.42 Å². The van der Waals surface area contributed by atoms with Gasteiger partial charge >= 0.3 is 0 Å². The van der Waals surface area contributed by atoms with Crippen LogP contribution in [-0.4, -0.2) is 15.2 Å². The molecule has 0 radical (unpaired) electrons. The van der Waals surface area contributed by atoms with E-state index in [9.17, 15) is 9.00 Å². The van der Waals surface area contributed by atoms with Crippen LogP contribution in [0.2, 0.25) is 0 Å². The first-order valence-corrected chi connectivity index (χ1v) is 6.60. The predicted octanol–water partition coefficient (Wildman–Crippen LogP) is 2.78. The molecule has 0 aromatic heterocycles. The molecule has 0 amide bonds. The molecule has 1 aromatic carbocycles. The molecule has 0 bridgehead atoms. The molecule has 0 spiro atoms. The Morgan fingerprint density at radius 1 is 1.38 bits per heavy atom. The summed E-state index contributed by atoms with van der Waals surface area (Å²) in [6.45, 7) is 7.37. The molecule has 1 rings (SSSR count). The molecular formula is C13H18O2S. The lowest BCUT2D eigenvalue weighted by molar-refractivity contribution is -0.116. The quantitative estimate of drug-likeness (QED) is 0.808. The van der Waals surface area contributed by atoms with E-state index in [1.807, 2.05) is 39.0 Å². The van der Waals surface area contributed by atoms with Crippen LogP contribution in [0.4, 0.5) is 0 Å². The van der Waals surface area contributed by atoms with Crippen molar-refractivity contribution in [2.75, 3.05) is 0 Å². The summed E-state index contributed by atoms with van der Waals surface area (Å²) in [7, 11) is -1.09. The van der Waals surface area contributed by atoms with Gasteiger partial charge in [0.2, 0.25) is 0 Å². The van der Waals surface area contributed by atoms with Crippen molar-refractivity contribution in [3.63, 3.8) is 0 Å². The Morgan fingerprint density at radius 3 is 2.50 bits per heavy atom. The highest BCUT2D eigenvalue weighted by molar-refractivity contribution is 7.85. The third-order valence-corrected chi connectivity index (χ3v) is 4.28. The maximum Gasteiger partial charge on any atom is 0.131 e. The van der Waals surface area contributed by atoms with Gasteiger partial charge in [-0.25, -0.2) is 0 Å². The van der Waals surface area contributed by atoms with Crippen molar-refractivity contribution in [1.82, 2.24) is 0 Å². The maximum absolute atomic E-state index is 12.2. The Hall–Kier alpha value is -0.960. The number of carbonyl (C=O) groups excluding carboxylic acids is 1. The van der Waals surface area contributed by atoms with E-state index < -0.39 is 10.8 Å². The summed E-state index contributed by atoms with van der Waals surface area (Å²) in [5, 5.41) is -0.112. The summed E-state index contributed by atoms with van der Waals surface area (Å²) in [6.07, 6.45) is 0.375. The number of benzene rings is 1. The van der Waals surface area contributed by atoms with Crippen LogP contribution >= 0.6 is 0 Å². The molecule has 88 valence electrons. The van der Waals surface area contributed by atoms with Gasteiger partial charge in [0.25, 0.3) is 0 Å². The third-order valence-electron chi connectivity index (χ3n) is 2.49. The number of aryl methyl sites for hydroxylation is 2. The molecule has 3 heteroatoms. The molecular weight excluding hydrogens is 220 g/mol. The van der Waals surface area contributed by atoms with Gasteiger partial charge in [-0.2, -0.15) is 0 Å². The van der Waals surface area contributed by atoms with Crippen LogP contribution in [-0.2, 0) is 15.6 Å². The molecule has 0 heterocycles. The van der Waals surface area contributed by atoms with Crippen LogP contribution in [0.25, 0.3) is 0 Å². The second-order valence-electron chi connectivity index (χ2n) is 4.28. The summed E-state index contributed by atoms with van der Waals surface area (Å²) < 4.78 is 12.2. The van der Waals surface area contributed by atoms with Crippen LogP contribution in [0, 0.1) is 13.8 Å². The lowest BCUT2D eigenvalue weighted by Crippen LogP contribution is -2.15. The number of hydrogen-bond acceptors (Lipinski definition) is 2. The van der Waals surface area contributed by atoms with E-state index >= 15 is 0 Å². The smallest absolute Gasteiger partial charge is 0.131 e. The van der Waals surface area contributed by atoms with Crippen LogP contribution in [0.1, 0.15) is 31.4 Å². The molecule has 0 N–H and O–H groups in total. The van der Waals surface area contributed by atoms with Crippen LogP contribution in [0.5, 0.6) is 0 Å². The van der Waals surface area contributed by atoms with E-state index in [1.54, 1.807) is 0 Å². The van der Waals surface area contributed by atoms with Crippen molar-refractivity contribution in [1.29, 1.82) is 0 Å². The average molecular weight is 238 g/mol. The molecule has 0 saturated carbocycles. The van der Waals surface area contributed by atoms with Crippen molar-refractivity contribution in [3.05, 3.63) is 29.3 Å². The topological polar surface area (TPSA) is 34.1 Å². The third kappa shape index (κ3) is 3.27. The minimum atomic E-state index is -1.09. The molecule has 0 aliphatic carbocycles. The second kappa shape index (κ2) is 5.39.